The number of sulfone groups is 1. The van der Waals surface area contributed by atoms with Crippen molar-refractivity contribution in [1.82, 2.24) is 9.88 Å². The molecule has 126 valence electrons. The smallest absolute Gasteiger partial charge is 0.248 e. The molecule has 1 N–H and O–H groups in total. The fourth-order valence-electron chi connectivity index (χ4n) is 2.77. The largest absolute Gasteiger partial charge is 0.322 e. The fraction of sp³-hybridized carbons (Fsp3) is 0.312. The number of fused-ring (bicyclic) bond motifs is 1. The van der Waals surface area contributed by atoms with Gasteiger partial charge in [-0.15, -0.1) is 0 Å². The van der Waals surface area contributed by atoms with Crippen molar-refractivity contribution in [3.8, 4) is 0 Å². The molecule has 7 nitrogen and oxygen atoms in total. The second-order valence-electron chi connectivity index (χ2n) is 5.86. The van der Waals surface area contributed by atoms with Gasteiger partial charge in [-0.1, -0.05) is 18.2 Å². The Balaban J connectivity index is 1.92. The Morgan fingerprint density at radius 1 is 1.25 bits per heavy atom. The molecule has 1 aliphatic rings. The molecule has 0 bridgehead atoms. The molecule has 1 atom stereocenters. The van der Waals surface area contributed by atoms with Crippen LogP contribution in [0.4, 0.5) is 5.69 Å². The van der Waals surface area contributed by atoms with Crippen LogP contribution in [0.1, 0.15) is 12.6 Å². The van der Waals surface area contributed by atoms with E-state index in [0.29, 0.717) is 11.2 Å². The number of carbonyl (C=O) groups excluding carboxylic acids is 2. The predicted octanol–water partition coefficient (Wildman–Crippen LogP) is 1.08. The zero-order valence-corrected chi connectivity index (χ0v) is 14.1. The van der Waals surface area contributed by atoms with E-state index in [-0.39, 0.29) is 5.75 Å². The lowest BCUT2D eigenvalue weighted by molar-refractivity contribution is -0.134. The van der Waals surface area contributed by atoms with Gasteiger partial charge in [-0.2, -0.15) is 0 Å². The summed E-state index contributed by atoms with van der Waals surface area (Å²) >= 11 is 0. The summed E-state index contributed by atoms with van der Waals surface area (Å²) in [5.41, 5.74) is 1.92. The minimum Gasteiger partial charge on any atom is -0.322 e. The van der Waals surface area contributed by atoms with E-state index >= 15 is 0 Å². The number of amides is 2. The summed E-state index contributed by atoms with van der Waals surface area (Å²) in [6.07, 6.45) is 0. The molecule has 0 spiro atoms. The highest BCUT2D eigenvalue weighted by Crippen LogP contribution is 2.23. The molecular formula is C16H17N3O4S. The van der Waals surface area contributed by atoms with E-state index in [0.717, 1.165) is 16.0 Å². The maximum atomic E-state index is 12.5. The predicted molar refractivity (Wildman–Crippen MR) is 90.1 cm³/mol. The number of rotatable bonds is 2. The first kappa shape index (κ1) is 16.4. The number of anilines is 1. The monoisotopic (exact) mass is 347 g/mol. The van der Waals surface area contributed by atoms with Crippen molar-refractivity contribution in [2.75, 3.05) is 16.9 Å². The van der Waals surface area contributed by atoms with E-state index in [1.807, 2.05) is 25.1 Å². The molecule has 1 aliphatic heterocycles. The number of nitrogens with zero attached hydrogens (tertiary/aromatic N) is 2. The summed E-state index contributed by atoms with van der Waals surface area (Å²) in [5.74, 6) is -1.76. The lowest BCUT2D eigenvalue weighted by Gasteiger charge is -2.20. The summed E-state index contributed by atoms with van der Waals surface area (Å²) in [7, 11) is -3.45. The molecule has 0 radical (unpaired) electrons. The van der Waals surface area contributed by atoms with Crippen LogP contribution < -0.4 is 5.32 Å². The Kier molecular flexibility index (Phi) is 4.00. The van der Waals surface area contributed by atoms with Gasteiger partial charge in [-0.05, 0) is 19.1 Å². The van der Waals surface area contributed by atoms with Crippen LogP contribution in [0.3, 0.4) is 0 Å². The van der Waals surface area contributed by atoms with Gasteiger partial charge in [0.2, 0.25) is 11.8 Å². The van der Waals surface area contributed by atoms with Crippen LogP contribution in [0.25, 0.3) is 10.9 Å². The number of hydrogen-bond acceptors (Lipinski definition) is 5. The number of benzene rings is 1. The molecule has 2 amide bonds. The van der Waals surface area contributed by atoms with Crippen molar-refractivity contribution in [2.24, 2.45) is 0 Å². The summed E-state index contributed by atoms with van der Waals surface area (Å²) in [6, 6.07) is 8.11. The first-order valence-electron chi connectivity index (χ1n) is 7.42. The zero-order valence-electron chi connectivity index (χ0n) is 13.3. The van der Waals surface area contributed by atoms with Gasteiger partial charge in [0, 0.05) is 18.0 Å². The molecule has 1 aromatic heterocycles. The van der Waals surface area contributed by atoms with Crippen LogP contribution in [-0.4, -0.2) is 47.8 Å². The van der Waals surface area contributed by atoms with Crippen LogP contribution in [-0.2, 0) is 19.4 Å². The van der Waals surface area contributed by atoms with E-state index in [9.17, 15) is 18.0 Å². The van der Waals surface area contributed by atoms with Crippen LogP contribution in [0, 0.1) is 6.92 Å². The van der Waals surface area contributed by atoms with Crippen molar-refractivity contribution in [2.45, 2.75) is 19.9 Å². The van der Waals surface area contributed by atoms with Crippen LogP contribution in [0.5, 0.6) is 0 Å². The van der Waals surface area contributed by atoms with Gasteiger partial charge >= 0.3 is 0 Å². The van der Waals surface area contributed by atoms with Crippen molar-refractivity contribution >= 4 is 38.2 Å². The molecule has 1 saturated heterocycles. The maximum Gasteiger partial charge on any atom is 0.248 e. The highest BCUT2D eigenvalue weighted by Gasteiger charge is 2.41. The Morgan fingerprint density at radius 2 is 2.00 bits per heavy atom. The van der Waals surface area contributed by atoms with Gasteiger partial charge in [0.25, 0.3) is 0 Å². The highest BCUT2D eigenvalue weighted by atomic mass is 32.2. The summed E-state index contributed by atoms with van der Waals surface area (Å²) in [6.45, 7) is 3.10. The van der Waals surface area contributed by atoms with E-state index in [2.05, 4.69) is 10.3 Å². The van der Waals surface area contributed by atoms with Gasteiger partial charge in [0.05, 0.1) is 17.0 Å². The number of carbonyl (C=O) groups is 2. The minimum atomic E-state index is -3.45. The number of aromatic nitrogens is 1. The Hall–Kier alpha value is -2.48. The molecule has 8 heteroatoms. The quantitative estimate of drug-likeness (QED) is 0.877. The lowest BCUT2D eigenvalue weighted by atomic mass is 10.1. The number of pyridine rings is 1. The molecular weight excluding hydrogens is 330 g/mol. The molecule has 1 aromatic carbocycles. The first-order chi connectivity index (χ1) is 11.3. The van der Waals surface area contributed by atoms with E-state index in [4.69, 9.17) is 0 Å². The third-order valence-corrected chi connectivity index (χ3v) is 5.44. The van der Waals surface area contributed by atoms with Crippen molar-refractivity contribution < 1.29 is 18.0 Å². The topological polar surface area (TPSA) is 96.4 Å². The molecule has 2 aromatic rings. The second-order valence-corrected chi connectivity index (χ2v) is 7.94. The fourth-order valence-corrected chi connectivity index (χ4v) is 4.48. The molecule has 3 rings (SSSR count). The van der Waals surface area contributed by atoms with Crippen molar-refractivity contribution in [3.05, 3.63) is 36.0 Å². The van der Waals surface area contributed by atoms with Gasteiger partial charge < -0.3 is 10.2 Å². The normalized spacial score (nSPS) is 19.4. The van der Waals surface area contributed by atoms with E-state index in [1.54, 1.807) is 12.1 Å². The number of aryl methyl sites for hydroxylation is 1. The molecule has 2 heterocycles. The Morgan fingerprint density at radius 3 is 2.71 bits per heavy atom. The molecule has 0 aliphatic carbocycles. The number of nitrogens with one attached hydrogen (secondary N) is 1. The van der Waals surface area contributed by atoms with Gasteiger partial charge in [0.15, 0.2) is 9.84 Å². The summed E-state index contributed by atoms with van der Waals surface area (Å²) in [5, 5.41) is 3.58. The van der Waals surface area contributed by atoms with Crippen molar-refractivity contribution in [3.63, 3.8) is 0 Å². The third-order valence-electron chi connectivity index (χ3n) is 3.95. The molecule has 0 saturated carbocycles. The van der Waals surface area contributed by atoms with Gasteiger partial charge in [0.1, 0.15) is 11.9 Å². The van der Waals surface area contributed by atoms with Crippen LogP contribution >= 0.6 is 0 Å². The zero-order chi connectivity index (χ0) is 17.5. The summed E-state index contributed by atoms with van der Waals surface area (Å²) < 4.78 is 23.6. The van der Waals surface area contributed by atoms with E-state index < -0.39 is 33.6 Å². The minimum absolute atomic E-state index is 0.365. The molecule has 1 unspecified atom stereocenters. The Bertz CT molecular complexity index is 939. The van der Waals surface area contributed by atoms with Gasteiger partial charge in [-0.3, -0.25) is 14.6 Å². The third kappa shape index (κ3) is 3.09. The molecule has 1 fully saturated rings. The molecule has 24 heavy (non-hydrogen) atoms. The number of para-hydroxylation sites is 1. The first-order valence-corrected chi connectivity index (χ1v) is 9.24. The van der Waals surface area contributed by atoms with E-state index in [1.165, 1.54) is 6.92 Å². The highest BCUT2D eigenvalue weighted by molar-refractivity contribution is 7.91. The SMILES string of the molecule is CC(=O)N1CS(=O)(=O)CC1C(=O)Nc1cccc2ccc(C)nc12. The number of hydrogen-bond donors (Lipinski definition) is 1. The Labute approximate surface area is 139 Å². The van der Waals surface area contributed by atoms with Crippen LogP contribution in [0.2, 0.25) is 0 Å². The van der Waals surface area contributed by atoms with Crippen molar-refractivity contribution in [1.29, 1.82) is 0 Å². The summed E-state index contributed by atoms with van der Waals surface area (Å²) in [4.78, 5) is 29.7. The lowest BCUT2D eigenvalue weighted by Crippen LogP contribution is -2.43. The van der Waals surface area contributed by atoms with Crippen LogP contribution in [0.15, 0.2) is 30.3 Å². The average Bonchev–Trinajstić information content (AvgIpc) is 2.84. The second kappa shape index (κ2) is 5.86. The van der Waals surface area contributed by atoms with Gasteiger partial charge in [-0.25, -0.2) is 8.42 Å². The average molecular weight is 347 g/mol. The standard InChI is InChI=1S/C16H17N3O4S/c1-10-6-7-12-4-3-5-13(15(12)17-10)18-16(21)14-8-24(22,23)9-19(14)11(2)20/h3-7,14H,8-9H2,1-2H3,(H,18,21). The maximum absolute atomic E-state index is 12.5.